The first-order valence-corrected chi connectivity index (χ1v) is 10.5. The van der Waals surface area contributed by atoms with Crippen molar-refractivity contribution in [1.29, 1.82) is 0 Å². The molecule has 0 spiro atoms. The molecule has 7 aromatic rings. The Labute approximate surface area is 182 Å². The van der Waals surface area contributed by atoms with Crippen molar-refractivity contribution in [2.45, 2.75) is 0 Å². The molecule has 0 saturated heterocycles. The van der Waals surface area contributed by atoms with E-state index in [0.29, 0.717) is 0 Å². The van der Waals surface area contributed by atoms with Crippen LogP contribution in [-0.2, 0) is 0 Å². The largest absolute Gasteiger partial charge is 0.366 e. The van der Waals surface area contributed by atoms with Gasteiger partial charge >= 0.3 is 0 Å². The lowest BCUT2D eigenvalue weighted by Crippen LogP contribution is -1.99. The number of hydrogen-bond acceptors (Lipinski definition) is 3. The monoisotopic (exact) mass is 414 g/mol. The molecule has 7 rings (SSSR count). The molecule has 0 saturated carbocycles. The van der Waals surface area contributed by atoms with Gasteiger partial charge in [0.1, 0.15) is 0 Å². The summed E-state index contributed by atoms with van der Waals surface area (Å²) >= 11 is 0. The predicted molar refractivity (Wildman–Crippen MR) is 129 cm³/mol. The molecule has 4 aromatic heterocycles. The van der Waals surface area contributed by atoms with Gasteiger partial charge in [-0.1, -0.05) is 42.5 Å². The van der Waals surface area contributed by atoms with Gasteiger partial charge in [0.05, 0.1) is 22.2 Å². The highest BCUT2D eigenvalue weighted by atomic mass is 15.3. The van der Waals surface area contributed by atoms with Crippen LogP contribution in [0.4, 0.5) is 5.95 Å². The maximum absolute atomic E-state index is 5.94. The molecule has 4 heterocycles. The Morgan fingerprint density at radius 3 is 2.41 bits per heavy atom. The molecule has 0 aliphatic carbocycles. The zero-order valence-corrected chi connectivity index (χ0v) is 17.1. The molecule has 0 bridgehead atoms. The van der Waals surface area contributed by atoms with E-state index >= 15 is 0 Å². The van der Waals surface area contributed by atoms with Crippen LogP contribution >= 0.6 is 0 Å². The summed E-state index contributed by atoms with van der Waals surface area (Å²) in [4.78, 5) is 4.52. The van der Waals surface area contributed by atoms with Gasteiger partial charge < -0.3 is 14.9 Å². The highest BCUT2D eigenvalue weighted by Crippen LogP contribution is 2.38. The Hall–Kier alpha value is -4.58. The summed E-state index contributed by atoms with van der Waals surface area (Å²) in [5.41, 5.74) is 12.2. The Bertz CT molecular complexity index is 1790. The lowest BCUT2D eigenvalue weighted by molar-refractivity contribution is 0.959. The van der Waals surface area contributed by atoms with Crippen LogP contribution in [0.25, 0.3) is 49.7 Å². The summed E-state index contributed by atoms with van der Waals surface area (Å²) in [6.07, 6.45) is 4.01. The first kappa shape index (κ1) is 17.1. The van der Waals surface area contributed by atoms with Crippen molar-refractivity contribution in [3.63, 3.8) is 0 Å². The third-order valence-electron chi connectivity index (χ3n) is 6.14. The summed E-state index contributed by atoms with van der Waals surface area (Å²) in [5, 5.41) is 7.90. The number of fused-ring (bicyclic) bond motifs is 6. The zero-order chi connectivity index (χ0) is 21.2. The Morgan fingerprint density at radius 1 is 0.656 bits per heavy atom. The molecule has 0 atom stereocenters. The molecule has 152 valence electrons. The standard InChI is InChI=1S/C26H18N6/c27-26-28-25-23(11-6-15-31(25)29-26)32-22-10-5-4-9-18(22)19-12-13-21-20(24(19)32)14-16-30(21)17-7-2-1-3-8-17/h1-16H,(H2,27,29). The Kier molecular flexibility index (Phi) is 3.33. The molecule has 0 aliphatic heterocycles. The number of benzene rings is 3. The van der Waals surface area contributed by atoms with Crippen LogP contribution in [0.1, 0.15) is 0 Å². The third kappa shape index (κ3) is 2.23. The van der Waals surface area contributed by atoms with Gasteiger partial charge in [0.15, 0.2) is 5.65 Å². The summed E-state index contributed by atoms with van der Waals surface area (Å²) < 4.78 is 6.25. The third-order valence-corrected chi connectivity index (χ3v) is 6.14. The van der Waals surface area contributed by atoms with Crippen LogP contribution in [0.15, 0.2) is 97.3 Å². The van der Waals surface area contributed by atoms with Crippen LogP contribution in [0, 0.1) is 0 Å². The first-order valence-electron chi connectivity index (χ1n) is 10.5. The normalized spacial score (nSPS) is 11.9. The smallest absolute Gasteiger partial charge is 0.240 e. The maximum Gasteiger partial charge on any atom is 0.240 e. The average Bonchev–Trinajstić information content (AvgIpc) is 3.51. The number of nitrogens with zero attached hydrogens (tertiary/aromatic N) is 5. The first-order chi connectivity index (χ1) is 15.8. The second-order valence-corrected chi connectivity index (χ2v) is 7.90. The van der Waals surface area contributed by atoms with E-state index in [1.165, 1.54) is 16.2 Å². The number of para-hydroxylation sites is 2. The molecular formula is C26H18N6. The Balaban J connectivity index is 1.67. The van der Waals surface area contributed by atoms with Crippen molar-refractivity contribution < 1.29 is 0 Å². The van der Waals surface area contributed by atoms with Crippen LogP contribution in [-0.4, -0.2) is 23.7 Å². The van der Waals surface area contributed by atoms with Crippen molar-refractivity contribution in [1.82, 2.24) is 23.7 Å². The topological polar surface area (TPSA) is 66.1 Å². The van der Waals surface area contributed by atoms with E-state index in [-0.39, 0.29) is 5.95 Å². The number of anilines is 1. The average molecular weight is 414 g/mol. The molecule has 6 nitrogen and oxygen atoms in total. The van der Waals surface area contributed by atoms with Crippen LogP contribution in [0.3, 0.4) is 0 Å². The van der Waals surface area contributed by atoms with Gasteiger partial charge in [-0.25, -0.2) is 4.52 Å². The highest BCUT2D eigenvalue weighted by molar-refractivity contribution is 6.18. The lowest BCUT2D eigenvalue weighted by atomic mass is 10.1. The molecule has 0 unspecified atom stereocenters. The SMILES string of the molecule is Nc1nc2c(-n3c4ccccc4c4ccc5c(ccn5-c5ccccc5)c43)cccn2n1. The lowest BCUT2D eigenvalue weighted by Gasteiger charge is -2.10. The fourth-order valence-corrected chi connectivity index (χ4v) is 4.82. The fraction of sp³-hybridized carbons (Fsp3) is 0. The van der Waals surface area contributed by atoms with Gasteiger partial charge in [-0.15, -0.1) is 5.10 Å². The summed E-state index contributed by atoms with van der Waals surface area (Å²) in [7, 11) is 0. The second-order valence-electron chi connectivity index (χ2n) is 7.90. The molecule has 3 aromatic carbocycles. The number of nitrogen functional groups attached to an aromatic ring is 1. The van der Waals surface area contributed by atoms with E-state index in [9.17, 15) is 0 Å². The minimum absolute atomic E-state index is 0.263. The van der Waals surface area contributed by atoms with Crippen molar-refractivity contribution in [2.24, 2.45) is 0 Å². The quantitative estimate of drug-likeness (QED) is 0.415. The molecule has 0 amide bonds. The van der Waals surface area contributed by atoms with Gasteiger partial charge in [-0.3, -0.25) is 0 Å². The number of nitrogens with two attached hydrogens (primary N) is 1. The summed E-state index contributed by atoms with van der Waals surface area (Å²) in [5.74, 6) is 0.263. The number of rotatable bonds is 2. The fourth-order valence-electron chi connectivity index (χ4n) is 4.82. The molecule has 32 heavy (non-hydrogen) atoms. The van der Waals surface area contributed by atoms with Crippen LogP contribution in [0.2, 0.25) is 0 Å². The molecule has 0 fully saturated rings. The van der Waals surface area contributed by atoms with Crippen LogP contribution in [0.5, 0.6) is 0 Å². The van der Waals surface area contributed by atoms with Crippen molar-refractivity contribution in [3.8, 4) is 11.4 Å². The van der Waals surface area contributed by atoms with E-state index in [1.54, 1.807) is 4.52 Å². The zero-order valence-electron chi connectivity index (χ0n) is 17.1. The molecule has 6 heteroatoms. The van der Waals surface area contributed by atoms with E-state index in [1.807, 2.05) is 18.3 Å². The predicted octanol–water partition coefficient (Wildman–Crippen LogP) is 5.35. The molecular weight excluding hydrogens is 396 g/mol. The van der Waals surface area contributed by atoms with Gasteiger partial charge in [0.2, 0.25) is 5.95 Å². The van der Waals surface area contributed by atoms with Crippen molar-refractivity contribution in [3.05, 3.63) is 97.3 Å². The highest BCUT2D eigenvalue weighted by Gasteiger charge is 2.19. The van der Waals surface area contributed by atoms with E-state index < -0.39 is 0 Å². The van der Waals surface area contributed by atoms with Gasteiger partial charge in [-0.2, -0.15) is 4.98 Å². The summed E-state index contributed by atoms with van der Waals surface area (Å²) in [6, 6.07) is 29.6. The number of aromatic nitrogens is 5. The van der Waals surface area contributed by atoms with Gasteiger partial charge in [-0.05, 0) is 42.5 Å². The number of hydrogen-bond donors (Lipinski definition) is 1. The van der Waals surface area contributed by atoms with E-state index in [0.717, 1.165) is 33.6 Å². The minimum atomic E-state index is 0.263. The number of pyridine rings is 1. The van der Waals surface area contributed by atoms with Crippen LogP contribution < -0.4 is 5.73 Å². The summed E-state index contributed by atoms with van der Waals surface area (Å²) in [6.45, 7) is 0. The minimum Gasteiger partial charge on any atom is -0.366 e. The second kappa shape index (κ2) is 6.21. The van der Waals surface area contributed by atoms with Crippen molar-refractivity contribution >= 4 is 44.3 Å². The van der Waals surface area contributed by atoms with E-state index in [2.05, 4.69) is 98.2 Å². The maximum atomic E-state index is 5.94. The Morgan fingerprint density at radius 2 is 1.50 bits per heavy atom. The molecule has 2 N–H and O–H groups in total. The molecule has 0 aliphatic rings. The van der Waals surface area contributed by atoms with Gasteiger partial charge in [0.25, 0.3) is 0 Å². The van der Waals surface area contributed by atoms with E-state index in [4.69, 9.17) is 5.73 Å². The van der Waals surface area contributed by atoms with Gasteiger partial charge in [0, 0.05) is 34.2 Å². The molecule has 0 radical (unpaired) electrons. The van der Waals surface area contributed by atoms with Crippen molar-refractivity contribution in [2.75, 3.05) is 5.73 Å².